The summed E-state index contributed by atoms with van der Waals surface area (Å²) < 4.78 is 0. The first-order valence-corrected chi connectivity index (χ1v) is 5.73. The summed E-state index contributed by atoms with van der Waals surface area (Å²) in [5.41, 5.74) is 0. The van der Waals surface area contributed by atoms with Gasteiger partial charge >= 0.3 is 0 Å². The highest BCUT2D eigenvalue weighted by Crippen LogP contribution is 2.12. The Bertz CT molecular complexity index is 318. The molecule has 5 heteroatoms. The number of carbonyl (C=O) groups excluding carboxylic acids is 2. The molecule has 0 saturated heterocycles. The number of hydrogen-bond donors (Lipinski definition) is 1. The molecular weight excluding hydrogens is 218 g/mol. The van der Waals surface area contributed by atoms with Crippen LogP contribution in [-0.4, -0.2) is 36.3 Å². The molecule has 1 unspecified atom stereocenters. The zero-order valence-electron chi connectivity index (χ0n) is 11.2. The molecule has 0 aromatic heterocycles. The normalized spacial score (nSPS) is 12.1. The molecule has 5 nitrogen and oxygen atoms in total. The van der Waals surface area contributed by atoms with Crippen LogP contribution in [0.3, 0.4) is 0 Å². The average molecular weight is 239 g/mol. The van der Waals surface area contributed by atoms with E-state index in [2.05, 4.69) is 5.32 Å². The van der Waals surface area contributed by atoms with E-state index in [1.165, 1.54) is 11.9 Å². The van der Waals surface area contributed by atoms with Crippen LogP contribution < -0.4 is 5.32 Å². The zero-order chi connectivity index (χ0) is 13.6. The maximum atomic E-state index is 11.9. The molecule has 0 aromatic rings. The highest BCUT2D eigenvalue weighted by molar-refractivity contribution is 5.87. The van der Waals surface area contributed by atoms with E-state index in [4.69, 9.17) is 5.26 Å². The predicted octanol–water partition coefficient (Wildman–Crippen LogP) is 0.765. The van der Waals surface area contributed by atoms with E-state index in [9.17, 15) is 9.59 Å². The Morgan fingerprint density at radius 2 is 1.82 bits per heavy atom. The number of hydrogen-bond acceptors (Lipinski definition) is 3. The van der Waals surface area contributed by atoms with Crippen molar-refractivity contribution in [2.45, 2.75) is 33.7 Å². The van der Waals surface area contributed by atoms with Gasteiger partial charge in [-0.25, -0.2) is 0 Å². The van der Waals surface area contributed by atoms with Crippen molar-refractivity contribution >= 4 is 11.8 Å². The van der Waals surface area contributed by atoms with Crippen molar-refractivity contribution in [2.24, 2.45) is 11.8 Å². The van der Waals surface area contributed by atoms with E-state index in [0.717, 1.165) is 0 Å². The summed E-state index contributed by atoms with van der Waals surface area (Å²) in [6.45, 7) is 7.32. The molecule has 0 spiro atoms. The third-order valence-electron chi connectivity index (χ3n) is 2.28. The van der Waals surface area contributed by atoms with Gasteiger partial charge in [-0.1, -0.05) is 13.8 Å². The van der Waals surface area contributed by atoms with Gasteiger partial charge in [0.25, 0.3) is 0 Å². The summed E-state index contributed by atoms with van der Waals surface area (Å²) in [6, 6.07) is 2.02. The van der Waals surface area contributed by atoms with Gasteiger partial charge in [0.2, 0.25) is 11.8 Å². The summed E-state index contributed by atoms with van der Waals surface area (Å²) in [5.74, 6) is -1.26. The largest absolute Gasteiger partial charge is 0.352 e. The number of likely N-dealkylation sites (N-methyl/N-ethyl adjacent to an activating group) is 1. The molecule has 0 rings (SSSR count). The van der Waals surface area contributed by atoms with E-state index >= 15 is 0 Å². The highest BCUT2D eigenvalue weighted by Gasteiger charge is 2.25. The van der Waals surface area contributed by atoms with Crippen LogP contribution in [0, 0.1) is 23.2 Å². The summed E-state index contributed by atoms with van der Waals surface area (Å²) in [6.07, 6.45) is 0. The Morgan fingerprint density at radius 3 is 2.18 bits per heavy atom. The van der Waals surface area contributed by atoms with Crippen LogP contribution in [-0.2, 0) is 9.59 Å². The Labute approximate surface area is 103 Å². The monoisotopic (exact) mass is 239 g/mol. The summed E-state index contributed by atoms with van der Waals surface area (Å²) in [5, 5.41) is 11.6. The van der Waals surface area contributed by atoms with Crippen LogP contribution in [0.25, 0.3) is 0 Å². The highest BCUT2D eigenvalue weighted by atomic mass is 16.2. The summed E-state index contributed by atoms with van der Waals surface area (Å²) in [7, 11) is 1.54. The standard InChI is InChI=1S/C12H21N3O2/c1-8(2)10(6-13)12(17)15(5)7-11(16)14-9(3)4/h8-10H,7H2,1-5H3,(H,14,16). The first-order chi connectivity index (χ1) is 7.79. The van der Waals surface area contributed by atoms with Crippen LogP contribution >= 0.6 is 0 Å². The molecule has 0 radical (unpaired) electrons. The molecule has 0 fully saturated rings. The van der Waals surface area contributed by atoms with E-state index in [1.54, 1.807) is 0 Å². The van der Waals surface area contributed by atoms with E-state index in [1.807, 2.05) is 33.8 Å². The van der Waals surface area contributed by atoms with Gasteiger partial charge in [-0.15, -0.1) is 0 Å². The maximum Gasteiger partial charge on any atom is 0.240 e. The second-order valence-electron chi connectivity index (χ2n) is 4.77. The molecule has 0 aliphatic rings. The molecule has 17 heavy (non-hydrogen) atoms. The molecule has 0 bridgehead atoms. The lowest BCUT2D eigenvalue weighted by Gasteiger charge is -2.22. The lowest BCUT2D eigenvalue weighted by Crippen LogP contribution is -2.43. The second kappa shape index (κ2) is 6.89. The van der Waals surface area contributed by atoms with Gasteiger partial charge in [0.15, 0.2) is 0 Å². The van der Waals surface area contributed by atoms with Crippen LogP contribution in [0.15, 0.2) is 0 Å². The summed E-state index contributed by atoms with van der Waals surface area (Å²) >= 11 is 0. The molecule has 96 valence electrons. The van der Waals surface area contributed by atoms with E-state index in [-0.39, 0.29) is 30.3 Å². The SMILES string of the molecule is CC(C)NC(=O)CN(C)C(=O)C(C#N)C(C)C. The van der Waals surface area contributed by atoms with Gasteiger partial charge in [0, 0.05) is 13.1 Å². The lowest BCUT2D eigenvalue weighted by atomic mass is 9.96. The van der Waals surface area contributed by atoms with Crippen molar-refractivity contribution in [1.29, 1.82) is 5.26 Å². The van der Waals surface area contributed by atoms with Crippen molar-refractivity contribution < 1.29 is 9.59 Å². The number of nitriles is 1. The third kappa shape index (κ3) is 5.34. The van der Waals surface area contributed by atoms with Gasteiger partial charge in [0.1, 0.15) is 5.92 Å². The van der Waals surface area contributed by atoms with Crippen LogP contribution in [0.1, 0.15) is 27.7 Å². The molecule has 0 aliphatic heterocycles. The smallest absolute Gasteiger partial charge is 0.240 e. The van der Waals surface area contributed by atoms with Gasteiger partial charge in [-0.2, -0.15) is 5.26 Å². The minimum Gasteiger partial charge on any atom is -0.352 e. The summed E-state index contributed by atoms with van der Waals surface area (Å²) in [4.78, 5) is 24.6. The van der Waals surface area contributed by atoms with Crippen molar-refractivity contribution in [1.82, 2.24) is 10.2 Å². The Kier molecular flexibility index (Phi) is 6.26. The number of carbonyl (C=O) groups is 2. The number of amides is 2. The van der Waals surface area contributed by atoms with Gasteiger partial charge in [0.05, 0.1) is 12.6 Å². The van der Waals surface area contributed by atoms with Crippen molar-refractivity contribution in [3.05, 3.63) is 0 Å². The van der Waals surface area contributed by atoms with E-state index < -0.39 is 5.92 Å². The minimum atomic E-state index is -0.688. The lowest BCUT2D eigenvalue weighted by molar-refractivity contribution is -0.137. The van der Waals surface area contributed by atoms with Crippen molar-refractivity contribution in [3.8, 4) is 6.07 Å². The molecule has 0 saturated carbocycles. The van der Waals surface area contributed by atoms with Crippen LogP contribution in [0.4, 0.5) is 0 Å². The number of rotatable bonds is 5. The first kappa shape index (κ1) is 15.4. The maximum absolute atomic E-state index is 11.9. The average Bonchev–Trinajstić information content (AvgIpc) is 2.16. The van der Waals surface area contributed by atoms with Crippen molar-refractivity contribution in [2.75, 3.05) is 13.6 Å². The second-order valence-corrected chi connectivity index (χ2v) is 4.77. The van der Waals surface area contributed by atoms with Gasteiger partial charge in [-0.05, 0) is 19.8 Å². The molecule has 1 atom stereocenters. The number of nitrogens with one attached hydrogen (secondary N) is 1. The first-order valence-electron chi connectivity index (χ1n) is 5.73. The van der Waals surface area contributed by atoms with Crippen LogP contribution in [0.2, 0.25) is 0 Å². The molecule has 0 aliphatic carbocycles. The quantitative estimate of drug-likeness (QED) is 0.770. The number of nitrogens with zero attached hydrogens (tertiary/aromatic N) is 2. The Balaban J connectivity index is 4.41. The predicted molar refractivity (Wildman–Crippen MR) is 64.9 cm³/mol. The molecule has 2 amide bonds. The molecule has 1 N–H and O–H groups in total. The zero-order valence-corrected chi connectivity index (χ0v) is 11.2. The van der Waals surface area contributed by atoms with E-state index in [0.29, 0.717) is 0 Å². The fraction of sp³-hybridized carbons (Fsp3) is 0.750. The molecular formula is C12H21N3O2. The molecule has 0 aromatic carbocycles. The van der Waals surface area contributed by atoms with Crippen molar-refractivity contribution in [3.63, 3.8) is 0 Å². The Morgan fingerprint density at radius 1 is 1.29 bits per heavy atom. The molecule has 0 heterocycles. The van der Waals surface area contributed by atoms with Crippen LogP contribution in [0.5, 0.6) is 0 Å². The Hall–Kier alpha value is -1.57. The van der Waals surface area contributed by atoms with Gasteiger partial charge in [-0.3, -0.25) is 9.59 Å². The minimum absolute atomic E-state index is 0.0120. The topological polar surface area (TPSA) is 73.2 Å². The fourth-order valence-corrected chi connectivity index (χ4v) is 1.39. The third-order valence-corrected chi connectivity index (χ3v) is 2.28. The fourth-order valence-electron chi connectivity index (χ4n) is 1.39. The van der Waals surface area contributed by atoms with Gasteiger partial charge < -0.3 is 10.2 Å².